The predicted octanol–water partition coefficient (Wildman–Crippen LogP) is 4.14. The van der Waals surface area contributed by atoms with E-state index in [1.54, 1.807) is 26.2 Å². The third-order valence-corrected chi connectivity index (χ3v) is 4.61. The lowest BCUT2D eigenvalue weighted by Crippen LogP contribution is -2.26. The number of hydrogen-bond donors (Lipinski definition) is 0. The molecule has 0 aliphatic carbocycles. The maximum absolute atomic E-state index is 13.1. The van der Waals surface area contributed by atoms with Crippen molar-refractivity contribution in [2.24, 2.45) is 0 Å². The largest absolute Gasteiger partial charge is 0.493 e. The number of ether oxygens (including phenoxy) is 2. The molecular formula is C22H24N2O3. The molecule has 0 N–H and O–H groups in total. The summed E-state index contributed by atoms with van der Waals surface area (Å²) in [6.07, 6.45) is 0. The van der Waals surface area contributed by atoms with Gasteiger partial charge in [0.05, 0.1) is 25.3 Å². The third kappa shape index (κ3) is 3.72. The van der Waals surface area contributed by atoms with Crippen LogP contribution in [-0.2, 0) is 6.54 Å². The second-order valence-electron chi connectivity index (χ2n) is 6.63. The molecule has 3 rings (SSSR count). The number of hydrogen-bond acceptors (Lipinski definition) is 4. The average molecular weight is 364 g/mol. The van der Waals surface area contributed by atoms with Gasteiger partial charge >= 0.3 is 0 Å². The third-order valence-electron chi connectivity index (χ3n) is 4.61. The topological polar surface area (TPSA) is 51.7 Å². The van der Waals surface area contributed by atoms with Crippen LogP contribution in [0.5, 0.6) is 11.5 Å². The summed E-state index contributed by atoms with van der Waals surface area (Å²) in [5.74, 6) is 1.28. The van der Waals surface area contributed by atoms with E-state index in [9.17, 15) is 4.79 Å². The number of nitrogens with zero attached hydrogens (tertiary/aromatic N) is 2. The highest BCUT2D eigenvalue weighted by atomic mass is 16.5. The molecule has 0 bridgehead atoms. The Hall–Kier alpha value is -3.08. The highest BCUT2D eigenvalue weighted by Gasteiger charge is 2.18. The Morgan fingerprint density at radius 3 is 2.48 bits per heavy atom. The van der Waals surface area contributed by atoms with Crippen molar-refractivity contribution < 1.29 is 14.3 Å². The Morgan fingerprint density at radius 1 is 1.04 bits per heavy atom. The fourth-order valence-corrected chi connectivity index (χ4v) is 3.23. The first-order valence-electron chi connectivity index (χ1n) is 8.78. The SMILES string of the molecule is COc1ccc(CN(C)C(=O)c2cc(C)nc3c(C)cccc23)cc1OC. The smallest absolute Gasteiger partial charge is 0.254 e. The van der Waals surface area contributed by atoms with E-state index < -0.39 is 0 Å². The number of amides is 1. The summed E-state index contributed by atoms with van der Waals surface area (Å²) in [7, 11) is 5.01. The zero-order valence-electron chi connectivity index (χ0n) is 16.4. The molecule has 140 valence electrons. The molecule has 2 aromatic carbocycles. The van der Waals surface area contributed by atoms with Crippen molar-refractivity contribution >= 4 is 16.8 Å². The Morgan fingerprint density at radius 2 is 1.78 bits per heavy atom. The van der Waals surface area contributed by atoms with Crippen molar-refractivity contribution in [2.45, 2.75) is 20.4 Å². The van der Waals surface area contributed by atoms with Crippen molar-refractivity contribution in [1.82, 2.24) is 9.88 Å². The molecule has 1 aromatic heterocycles. The highest BCUT2D eigenvalue weighted by Crippen LogP contribution is 2.28. The minimum Gasteiger partial charge on any atom is -0.493 e. The van der Waals surface area contributed by atoms with Crippen LogP contribution in [0, 0.1) is 13.8 Å². The molecule has 0 saturated carbocycles. The van der Waals surface area contributed by atoms with Gasteiger partial charge in [-0.3, -0.25) is 9.78 Å². The van der Waals surface area contributed by atoms with Crippen LogP contribution in [0.25, 0.3) is 10.9 Å². The molecule has 1 heterocycles. The molecule has 0 aliphatic heterocycles. The summed E-state index contributed by atoms with van der Waals surface area (Å²) in [6.45, 7) is 4.39. The first kappa shape index (κ1) is 18.7. The molecule has 0 fully saturated rings. The molecule has 3 aromatic rings. The van der Waals surface area contributed by atoms with Gasteiger partial charge in [0.15, 0.2) is 11.5 Å². The highest BCUT2D eigenvalue weighted by molar-refractivity contribution is 6.06. The Bertz CT molecular complexity index is 998. The monoisotopic (exact) mass is 364 g/mol. The van der Waals surface area contributed by atoms with Gasteiger partial charge in [0.25, 0.3) is 5.91 Å². The van der Waals surface area contributed by atoms with Crippen molar-refractivity contribution in [2.75, 3.05) is 21.3 Å². The minimum absolute atomic E-state index is 0.0362. The number of aryl methyl sites for hydroxylation is 2. The maximum atomic E-state index is 13.1. The van der Waals surface area contributed by atoms with Gasteiger partial charge in [-0.15, -0.1) is 0 Å². The molecular weight excluding hydrogens is 340 g/mol. The summed E-state index contributed by atoms with van der Waals surface area (Å²) in [5.41, 5.74) is 4.41. The van der Waals surface area contributed by atoms with Gasteiger partial charge in [0.2, 0.25) is 0 Å². The van der Waals surface area contributed by atoms with E-state index in [0.717, 1.165) is 27.7 Å². The van der Waals surface area contributed by atoms with Crippen LogP contribution in [-0.4, -0.2) is 37.1 Å². The van der Waals surface area contributed by atoms with Gasteiger partial charge < -0.3 is 14.4 Å². The second-order valence-corrected chi connectivity index (χ2v) is 6.63. The normalized spacial score (nSPS) is 10.7. The van der Waals surface area contributed by atoms with Crippen LogP contribution in [0.1, 0.15) is 27.2 Å². The molecule has 0 atom stereocenters. The summed E-state index contributed by atoms with van der Waals surface area (Å²) in [6, 6.07) is 13.5. The van der Waals surface area contributed by atoms with Gasteiger partial charge in [-0.05, 0) is 43.2 Å². The number of pyridine rings is 1. The van der Waals surface area contributed by atoms with Crippen LogP contribution in [0.2, 0.25) is 0 Å². The molecule has 1 amide bonds. The first-order chi connectivity index (χ1) is 12.9. The molecule has 27 heavy (non-hydrogen) atoms. The van der Waals surface area contributed by atoms with E-state index in [1.165, 1.54) is 0 Å². The van der Waals surface area contributed by atoms with E-state index in [-0.39, 0.29) is 5.91 Å². The zero-order chi connectivity index (χ0) is 19.6. The van der Waals surface area contributed by atoms with Gasteiger partial charge in [-0.2, -0.15) is 0 Å². The van der Waals surface area contributed by atoms with Crippen LogP contribution in [0.3, 0.4) is 0 Å². The lowest BCUT2D eigenvalue weighted by molar-refractivity contribution is 0.0786. The average Bonchev–Trinajstić information content (AvgIpc) is 2.67. The molecule has 0 radical (unpaired) electrons. The van der Waals surface area contributed by atoms with E-state index >= 15 is 0 Å². The lowest BCUT2D eigenvalue weighted by atomic mass is 10.0. The van der Waals surface area contributed by atoms with Crippen LogP contribution >= 0.6 is 0 Å². The number of rotatable bonds is 5. The lowest BCUT2D eigenvalue weighted by Gasteiger charge is -2.20. The number of para-hydroxylation sites is 1. The van der Waals surface area contributed by atoms with Crippen molar-refractivity contribution in [1.29, 1.82) is 0 Å². The van der Waals surface area contributed by atoms with Crippen LogP contribution in [0.4, 0.5) is 0 Å². The van der Waals surface area contributed by atoms with Gasteiger partial charge in [-0.25, -0.2) is 0 Å². The predicted molar refractivity (Wildman–Crippen MR) is 107 cm³/mol. The summed E-state index contributed by atoms with van der Waals surface area (Å²) in [4.78, 5) is 19.5. The van der Waals surface area contributed by atoms with Crippen molar-refractivity contribution in [3.05, 3.63) is 64.8 Å². The van der Waals surface area contributed by atoms with Gasteiger partial charge in [0.1, 0.15) is 0 Å². The van der Waals surface area contributed by atoms with E-state index in [4.69, 9.17) is 9.47 Å². The van der Waals surface area contributed by atoms with Crippen LogP contribution < -0.4 is 9.47 Å². The number of carbonyl (C=O) groups excluding carboxylic acids is 1. The molecule has 5 nitrogen and oxygen atoms in total. The number of methoxy groups -OCH3 is 2. The molecule has 0 saturated heterocycles. The molecule has 5 heteroatoms. The minimum atomic E-state index is -0.0362. The van der Waals surface area contributed by atoms with Crippen molar-refractivity contribution in [3.8, 4) is 11.5 Å². The Labute approximate surface area is 159 Å². The van der Waals surface area contributed by atoms with Gasteiger partial charge in [0, 0.05) is 24.7 Å². The summed E-state index contributed by atoms with van der Waals surface area (Å²) < 4.78 is 10.6. The Kier molecular flexibility index (Phi) is 5.31. The Balaban J connectivity index is 1.92. The summed E-state index contributed by atoms with van der Waals surface area (Å²) in [5, 5.41) is 0.879. The standard InChI is InChI=1S/C22H24N2O3/c1-14-7-6-8-17-18(11-15(2)23-21(14)17)22(25)24(3)13-16-9-10-19(26-4)20(12-16)27-5/h6-12H,13H2,1-5H3. The molecule has 0 spiro atoms. The van der Waals surface area contributed by atoms with E-state index in [0.29, 0.717) is 23.6 Å². The van der Waals surface area contributed by atoms with Crippen molar-refractivity contribution in [3.63, 3.8) is 0 Å². The zero-order valence-corrected chi connectivity index (χ0v) is 16.4. The number of fused-ring (bicyclic) bond motifs is 1. The van der Waals surface area contributed by atoms with E-state index in [2.05, 4.69) is 4.98 Å². The fraction of sp³-hybridized carbons (Fsp3) is 0.273. The quantitative estimate of drug-likeness (QED) is 0.683. The van der Waals surface area contributed by atoms with Gasteiger partial charge in [-0.1, -0.05) is 24.3 Å². The summed E-state index contributed by atoms with van der Waals surface area (Å²) >= 11 is 0. The number of aromatic nitrogens is 1. The number of carbonyl (C=O) groups is 1. The molecule has 0 aliphatic rings. The second kappa shape index (κ2) is 7.66. The van der Waals surface area contributed by atoms with E-state index in [1.807, 2.05) is 56.3 Å². The fourth-order valence-electron chi connectivity index (χ4n) is 3.23. The maximum Gasteiger partial charge on any atom is 0.254 e. The van der Waals surface area contributed by atoms with Crippen LogP contribution in [0.15, 0.2) is 42.5 Å². The number of benzene rings is 2. The molecule has 0 unspecified atom stereocenters. The first-order valence-corrected chi connectivity index (χ1v) is 8.78.